The van der Waals surface area contributed by atoms with Gasteiger partial charge in [-0.05, 0) is 0 Å². The third-order valence-electron chi connectivity index (χ3n) is 2.20. The SMILES string of the molecule is COC1CC(OC(C)=O)C(COC(C)=O)O1. The Morgan fingerprint density at radius 1 is 1.31 bits per heavy atom. The molecule has 6 heteroatoms. The van der Waals surface area contributed by atoms with Crippen molar-refractivity contribution < 1.29 is 28.5 Å². The van der Waals surface area contributed by atoms with Crippen LogP contribution in [0.5, 0.6) is 0 Å². The predicted octanol–water partition coefficient (Wildman–Crippen LogP) is 0.243. The van der Waals surface area contributed by atoms with E-state index in [1.165, 1.54) is 21.0 Å². The number of carbonyl (C=O) groups is 2. The summed E-state index contributed by atoms with van der Waals surface area (Å²) in [5.41, 5.74) is 0. The van der Waals surface area contributed by atoms with Gasteiger partial charge < -0.3 is 18.9 Å². The fourth-order valence-corrected chi connectivity index (χ4v) is 1.51. The summed E-state index contributed by atoms with van der Waals surface area (Å²) in [4.78, 5) is 21.5. The van der Waals surface area contributed by atoms with Gasteiger partial charge in [0.2, 0.25) is 0 Å². The summed E-state index contributed by atoms with van der Waals surface area (Å²) in [5, 5.41) is 0. The van der Waals surface area contributed by atoms with Crippen molar-refractivity contribution in [3.63, 3.8) is 0 Å². The van der Waals surface area contributed by atoms with Crippen LogP contribution in [0.1, 0.15) is 20.3 Å². The van der Waals surface area contributed by atoms with Gasteiger partial charge >= 0.3 is 11.9 Å². The van der Waals surface area contributed by atoms with Crippen LogP contribution in [0.2, 0.25) is 0 Å². The quantitative estimate of drug-likeness (QED) is 0.647. The predicted molar refractivity (Wildman–Crippen MR) is 52.5 cm³/mol. The van der Waals surface area contributed by atoms with Gasteiger partial charge in [0, 0.05) is 27.4 Å². The topological polar surface area (TPSA) is 71.1 Å². The Bertz CT molecular complexity index is 264. The smallest absolute Gasteiger partial charge is 0.303 e. The summed E-state index contributed by atoms with van der Waals surface area (Å²) in [7, 11) is 1.50. The molecule has 16 heavy (non-hydrogen) atoms. The third kappa shape index (κ3) is 3.79. The standard InChI is InChI=1S/C10H16O6/c1-6(11)14-5-9-8(15-7(2)12)4-10(13-3)16-9/h8-10H,4-5H2,1-3H3. The maximum absolute atomic E-state index is 10.9. The van der Waals surface area contributed by atoms with Crippen LogP contribution < -0.4 is 0 Å². The van der Waals surface area contributed by atoms with Gasteiger partial charge in [-0.3, -0.25) is 9.59 Å². The van der Waals surface area contributed by atoms with Crippen molar-refractivity contribution in [1.82, 2.24) is 0 Å². The summed E-state index contributed by atoms with van der Waals surface area (Å²) in [6.45, 7) is 2.69. The molecule has 1 heterocycles. The molecule has 0 aromatic carbocycles. The second-order valence-corrected chi connectivity index (χ2v) is 3.53. The lowest BCUT2D eigenvalue weighted by atomic mass is 10.2. The highest BCUT2D eigenvalue weighted by molar-refractivity contribution is 5.66. The number of esters is 2. The Hall–Kier alpha value is -1.14. The minimum absolute atomic E-state index is 0.0626. The van der Waals surface area contributed by atoms with Gasteiger partial charge in [0.15, 0.2) is 6.29 Å². The normalized spacial score (nSPS) is 28.8. The average Bonchev–Trinajstić information content (AvgIpc) is 2.56. The van der Waals surface area contributed by atoms with E-state index in [2.05, 4.69) is 0 Å². The van der Waals surface area contributed by atoms with Crippen LogP contribution in [0, 0.1) is 0 Å². The molecule has 6 nitrogen and oxygen atoms in total. The van der Waals surface area contributed by atoms with Crippen molar-refractivity contribution >= 4 is 11.9 Å². The van der Waals surface area contributed by atoms with E-state index in [4.69, 9.17) is 18.9 Å². The first-order valence-corrected chi connectivity index (χ1v) is 5.01. The molecule has 3 unspecified atom stereocenters. The first kappa shape index (κ1) is 12.9. The van der Waals surface area contributed by atoms with E-state index >= 15 is 0 Å². The van der Waals surface area contributed by atoms with Crippen LogP contribution in [0.4, 0.5) is 0 Å². The van der Waals surface area contributed by atoms with Crippen LogP contribution in [0.3, 0.4) is 0 Å². The molecule has 1 saturated heterocycles. The van der Waals surface area contributed by atoms with E-state index < -0.39 is 30.4 Å². The van der Waals surface area contributed by atoms with E-state index in [1.807, 2.05) is 0 Å². The van der Waals surface area contributed by atoms with Gasteiger partial charge in [0.25, 0.3) is 0 Å². The fraction of sp³-hybridized carbons (Fsp3) is 0.800. The number of hydrogen-bond acceptors (Lipinski definition) is 6. The maximum Gasteiger partial charge on any atom is 0.303 e. The molecule has 1 aliphatic heterocycles. The second-order valence-electron chi connectivity index (χ2n) is 3.53. The Labute approximate surface area is 93.8 Å². The van der Waals surface area contributed by atoms with Crippen molar-refractivity contribution in [2.75, 3.05) is 13.7 Å². The first-order chi connectivity index (χ1) is 7.52. The Morgan fingerprint density at radius 2 is 2.00 bits per heavy atom. The second kappa shape index (κ2) is 5.81. The maximum atomic E-state index is 10.9. The number of methoxy groups -OCH3 is 1. The molecule has 1 fully saturated rings. The van der Waals surface area contributed by atoms with E-state index in [1.54, 1.807) is 0 Å². The molecular weight excluding hydrogens is 216 g/mol. The molecular formula is C10H16O6. The van der Waals surface area contributed by atoms with E-state index in [-0.39, 0.29) is 6.61 Å². The van der Waals surface area contributed by atoms with Gasteiger partial charge in [-0.15, -0.1) is 0 Å². The number of carbonyl (C=O) groups excluding carboxylic acids is 2. The lowest BCUT2D eigenvalue weighted by Crippen LogP contribution is -2.31. The van der Waals surface area contributed by atoms with Gasteiger partial charge in [0.1, 0.15) is 18.8 Å². The molecule has 0 aromatic heterocycles. The lowest BCUT2D eigenvalue weighted by molar-refractivity contribution is -0.161. The molecule has 0 aliphatic carbocycles. The van der Waals surface area contributed by atoms with Gasteiger partial charge in [0.05, 0.1) is 0 Å². The molecule has 0 bridgehead atoms. The van der Waals surface area contributed by atoms with Crippen molar-refractivity contribution in [3.05, 3.63) is 0 Å². The number of ether oxygens (including phenoxy) is 4. The molecule has 0 amide bonds. The molecule has 92 valence electrons. The van der Waals surface area contributed by atoms with Crippen LogP contribution in [0.25, 0.3) is 0 Å². The zero-order valence-electron chi connectivity index (χ0n) is 9.60. The van der Waals surface area contributed by atoms with Gasteiger partial charge in [-0.1, -0.05) is 0 Å². The molecule has 1 aliphatic rings. The van der Waals surface area contributed by atoms with Crippen LogP contribution in [-0.2, 0) is 28.5 Å². The fourth-order valence-electron chi connectivity index (χ4n) is 1.51. The molecule has 0 N–H and O–H groups in total. The summed E-state index contributed by atoms with van der Waals surface area (Å²) in [6, 6.07) is 0. The zero-order chi connectivity index (χ0) is 12.1. The van der Waals surface area contributed by atoms with E-state index in [0.717, 1.165) is 0 Å². The van der Waals surface area contributed by atoms with E-state index in [0.29, 0.717) is 6.42 Å². The number of hydrogen-bond donors (Lipinski definition) is 0. The highest BCUT2D eigenvalue weighted by atomic mass is 16.7. The number of rotatable bonds is 4. The molecule has 0 spiro atoms. The van der Waals surface area contributed by atoms with E-state index in [9.17, 15) is 9.59 Å². The summed E-state index contributed by atoms with van der Waals surface area (Å²) in [6.07, 6.45) is -0.869. The molecule has 3 atom stereocenters. The summed E-state index contributed by atoms with van der Waals surface area (Å²) in [5.74, 6) is -0.788. The zero-order valence-corrected chi connectivity index (χ0v) is 9.60. The summed E-state index contributed by atoms with van der Waals surface area (Å²) < 4.78 is 20.3. The van der Waals surface area contributed by atoms with Crippen LogP contribution in [0.15, 0.2) is 0 Å². The first-order valence-electron chi connectivity index (χ1n) is 5.01. The minimum Gasteiger partial charge on any atom is -0.463 e. The van der Waals surface area contributed by atoms with Crippen molar-refractivity contribution in [2.45, 2.75) is 38.8 Å². The van der Waals surface area contributed by atoms with Crippen LogP contribution in [-0.4, -0.2) is 44.2 Å². The molecule has 0 radical (unpaired) electrons. The summed E-state index contributed by atoms with van der Waals surface area (Å²) >= 11 is 0. The Balaban J connectivity index is 2.49. The Morgan fingerprint density at radius 3 is 2.50 bits per heavy atom. The van der Waals surface area contributed by atoms with Crippen molar-refractivity contribution in [2.24, 2.45) is 0 Å². The Kier molecular flexibility index (Phi) is 4.70. The molecule has 1 rings (SSSR count). The average molecular weight is 232 g/mol. The lowest BCUT2D eigenvalue weighted by Gasteiger charge is -2.17. The third-order valence-corrected chi connectivity index (χ3v) is 2.20. The van der Waals surface area contributed by atoms with Gasteiger partial charge in [-0.25, -0.2) is 0 Å². The monoisotopic (exact) mass is 232 g/mol. The van der Waals surface area contributed by atoms with Crippen molar-refractivity contribution in [3.8, 4) is 0 Å². The molecule has 0 saturated carbocycles. The van der Waals surface area contributed by atoms with Gasteiger partial charge in [-0.2, -0.15) is 0 Å². The highest BCUT2D eigenvalue weighted by Crippen LogP contribution is 2.24. The highest BCUT2D eigenvalue weighted by Gasteiger charge is 2.38. The molecule has 0 aromatic rings. The minimum atomic E-state index is -0.460. The van der Waals surface area contributed by atoms with Crippen molar-refractivity contribution in [1.29, 1.82) is 0 Å². The largest absolute Gasteiger partial charge is 0.463 e. The van der Waals surface area contributed by atoms with Crippen LogP contribution >= 0.6 is 0 Å².